The van der Waals surface area contributed by atoms with E-state index in [1.54, 1.807) is 13.3 Å². The monoisotopic (exact) mass is 757 g/mol. The number of rotatable bonds is 11. The first-order chi connectivity index (χ1) is 25.5. The number of aromatic nitrogens is 3. The largest absolute Gasteiger partial charge is 0.490 e. The summed E-state index contributed by atoms with van der Waals surface area (Å²) in [5, 5.41) is 14.0. The fraction of sp³-hybridized carbons (Fsp3) is 0.650. The molecule has 14 heteroatoms. The zero-order valence-electron chi connectivity index (χ0n) is 31.6. The number of nitrogens with zero attached hydrogens (tertiary/aromatic N) is 4. The molecule has 1 aliphatic heterocycles. The van der Waals surface area contributed by atoms with Gasteiger partial charge >= 0.3 is 5.97 Å². The minimum absolute atomic E-state index is 0.0112. The molecule has 1 aromatic carbocycles. The van der Waals surface area contributed by atoms with Crippen LogP contribution in [0.1, 0.15) is 101 Å². The molecule has 54 heavy (non-hydrogen) atoms. The van der Waals surface area contributed by atoms with Crippen molar-refractivity contribution in [1.29, 1.82) is 0 Å². The highest BCUT2D eigenvalue weighted by atomic mass is 19.3. The highest BCUT2D eigenvalue weighted by Gasteiger charge is 2.57. The summed E-state index contributed by atoms with van der Waals surface area (Å²) in [6.45, 7) is 6.53. The van der Waals surface area contributed by atoms with E-state index in [0.29, 0.717) is 61.3 Å². The maximum atomic E-state index is 15.4. The fourth-order valence-corrected chi connectivity index (χ4v) is 10.0. The van der Waals surface area contributed by atoms with E-state index in [-0.39, 0.29) is 43.0 Å². The Morgan fingerprint density at radius 3 is 2.46 bits per heavy atom. The molecule has 0 spiro atoms. The van der Waals surface area contributed by atoms with E-state index in [2.05, 4.69) is 22.2 Å². The van der Waals surface area contributed by atoms with E-state index < -0.39 is 46.4 Å². The molecule has 4 aliphatic rings. The number of aliphatic carboxylic acids is 1. The Morgan fingerprint density at radius 2 is 1.81 bits per heavy atom. The van der Waals surface area contributed by atoms with Gasteiger partial charge in [0.25, 0.3) is 17.8 Å². The Balaban J connectivity index is 1.17. The number of carboxylic acid groups (broad SMARTS) is 1. The van der Waals surface area contributed by atoms with Crippen LogP contribution in [-0.4, -0.2) is 86.8 Å². The SMILES string of the molecule is COC[C@@H](C)n1cc(-c2ncc(C(=O)NC3(C(=O)O)C(C)CC4CC(C)CC3C4)c(C(C)(F)F)n2)c2ccc(OC3CCC(N4CC(F)(F)C4)CC3)cc21. The number of halogens is 4. The van der Waals surface area contributed by atoms with Gasteiger partial charge in [-0.25, -0.2) is 23.5 Å². The van der Waals surface area contributed by atoms with Crippen LogP contribution in [0.4, 0.5) is 17.6 Å². The third-order valence-electron chi connectivity index (χ3n) is 12.5. The van der Waals surface area contributed by atoms with Gasteiger partial charge in [-0.3, -0.25) is 9.69 Å². The first-order valence-electron chi connectivity index (χ1n) is 19.2. The summed E-state index contributed by atoms with van der Waals surface area (Å²) in [6.07, 6.45) is 8.75. The van der Waals surface area contributed by atoms with Gasteiger partial charge in [0, 0.05) is 49.5 Å². The molecule has 2 N–H and O–H groups in total. The molecule has 294 valence electrons. The van der Waals surface area contributed by atoms with Crippen LogP contribution in [0, 0.1) is 23.7 Å². The van der Waals surface area contributed by atoms with Gasteiger partial charge in [0.2, 0.25) is 0 Å². The van der Waals surface area contributed by atoms with Gasteiger partial charge in [-0.15, -0.1) is 0 Å². The lowest BCUT2D eigenvalue weighted by Crippen LogP contribution is -2.66. The number of benzene rings is 1. The van der Waals surface area contributed by atoms with E-state index in [1.807, 2.05) is 41.5 Å². The van der Waals surface area contributed by atoms with Gasteiger partial charge in [0.15, 0.2) is 5.82 Å². The number of carboxylic acids is 1. The molecule has 3 saturated carbocycles. The van der Waals surface area contributed by atoms with Crippen LogP contribution >= 0.6 is 0 Å². The van der Waals surface area contributed by atoms with E-state index in [0.717, 1.165) is 43.8 Å². The summed E-state index contributed by atoms with van der Waals surface area (Å²) in [4.78, 5) is 37.5. The lowest BCUT2D eigenvalue weighted by Gasteiger charge is -2.52. The van der Waals surface area contributed by atoms with Crippen molar-refractivity contribution < 1.29 is 41.7 Å². The molecule has 1 saturated heterocycles. The normalized spacial score (nSPS) is 30.4. The maximum Gasteiger partial charge on any atom is 0.329 e. The second-order valence-corrected chi connectivity index (χ2v) is 16.7. The minimum atomic E-state index is -3.55. The smallest absolute Gasteiger partial charge is 0.329 e. The predicted molar refractivity (Wildman–Crippen MR) is 194 cm³/mol. The van der Waals surface area contributed by atoms with Crippen LogP contribution in [0.15, 0.2) is 30.6 Å². The Bertz CT molecular complexity index is 1880. The number of carbonyl (C=O) groups excluding carboxylic acids is 1. The number of alkyl halides is 4. The van der Waals surface area contributed by atoms with Crippen LogP contribution in [0.3, 0.4) is 0 Å². The molecule has 3 aliphatic carbocycles. The van der Waals surface area contributed by atoms with E-state index in [1.165, 1.54) is 0 Å². The van der Waals surface area contributed by atoms with Gasteiger partial charge in [0.05, 0.1) is 42.9 Å². The molecule has 6 atom stereocenters. The molecule has 4 fully saturated rings. The van der Waals surface area contributed by atoms with Gasteiger partial charge in [-0.2, -0.15) is 8.78 Å². The average Bonchev–Trinajstić information content (AvgIpc) is 3.47. The van der Waals surface area contributed by atoms with Crippen molar-refractivity contribution in [3.8, 4) is 17.1 Å². The lowest BCUT2D eigenvalue weighted by atomic mass is 9.56. The zero-order valence-corrected chi connectivity index (χ0v) is 31.6. The number of methoxy groups -OCH3 is 1. The minimum Gasteiger partial charge on any atom is -0.490 e. The first-order valence-corrected chi connectivity index (χ1v) is 19.2. The average molecular weight is 758 g/mol. The summed E-state index contributed by atoms with van der Waals surface area (Å²) < 4.78 is 71.5. The maximum absolute atomic E-state index is 15.4. The summed E-state index contributed by atoms with van der Waals surface area (Å²) >= 11 is 0. The van der Waals surface area contributed by atoms with Crippen LogP contribution < -0.4 is 10.1 Å². The molecule has 10 nitrogen and oxygen atoms in total. The third kappa shape index (κ3) is 7.20. The topological polar surface area (TPSA) is 119 Å². The zero-order chi connectivity index (χ0) is 38.7. The molecule has 5 unspecified atom stereocenters. The molecule has 3 aromatic rings. The first kappa shape index (κ1) is 38.5. The number of carbonyl (C=O) groups is 2. The number of fused-ring (bicyclic) bond motifs is 3. The van der Waals surface area contributed by atoms with Gasteiger partial charge in [-0.1, -0.05) is 13.8 Å². The highest BCUT2D eigenvalue weighted by molar-refractivity contribution is 6.00. The molecule has 0 radical (unpaired) electrons. The number of likely N-dealkylation sites (tertiary alicyclic amines) is 1. The van der Waals surface area contributed by atoms with Crippen LogP contribution in [0.2, 0.25) is 0 Å². The van der Waals surface area contributed by atoms with Gasteiger partial charge in [-0.05, 0) is 94.1 Å². The van der Waals surface area contributed by atoms with Crippen molar-refractivity contribution in [3.63, 3.8) is 0 Å². The summed E-state index contributed by atoms with van der Waals surface area (Å²) in [5.74, 6) is -7.69. The Labute approximate surface area is 313 Å². The number of amides is 1. The number of hydrogen-bond acceptors (Lipinski definition) is 7. The fourth-order valence-electron chi connectivity index (χ4n) is 10.0. The summed E-state index contributed by atoms with van der Waals surface area (Å²) in [5.41, 5.74) is -1.64. The standard InChI is InChI=1S/C40H51F4N5O5/c1-22-12-25-14-23(2)40(37(51)52,26(13-22)15-25)47-36(50)31-17-45-35(46-34(31)38(4,41)42)32-18-49(24(3)19-53-5)33-16-29(10-11-30(32)33)54-28-8-6-27(7-9-28)48-20-39(43,44)21-48/h10-11,16-18,22-28H,6-9,12-15,19-21H2,1-5H3,(H,47,50)(H,51,52)/t22?,23?,24-,25?,26?,27?,28?,40?/m1/s1. The molecular weight excluding hydrogens is 706 g/mol. The third-order valence-corrected chi connectivity index (χ3v) is 12.5. The Kier molecular flexibility index (Phi) is 10.2. The molecule has 7 rings (SSSR count). The van der Waals surface area contributed by atoms with Crippen LogP contribution in [0.25, 0.3) is 22.3 Å². The highest BCUT2D eigenvalue weighted by Crippen LogP contribution is 2.50. The van der Waals surface area contributed by atoms with Crippen molar-refractivity contribution >= 4 is 22.8 Å². The van der Waals surface area contributed by atoms with Crippen LogP contribution in [0.5, 0.6) is 5.75 Å². The second kappa shape index (κ2) is 14.4. The van der Waals surface area contributed by atoms with Crippen molar-refractivity contribution in [2.75, 3.05) is 26.8 Å². The number of ether oxygens (including phenoxy) is 2. The van der Waals surface area contributed by atoms with E-state index >= 15 is 8.78 Å². The summed E-state index contributed by atoms with van der Waals surface area (Å²) in [7, 11) is 1.59. The van der Waals surface area contributed by atoms with Crippen molar-refractivity contribution in [2.24, 2.45) is 23.7 Å². The second-order valence-electron chi connectivity index (χ2n) is 16.7. The van der Waals surface area contributed by atoms with Crippen molar-refractivity contribution in [3.05, 3.63) is 41.9 Å². The quantitative estimate of drug-likeness (QED) is 0.191. The number of nitrogens with one attached hydrogen (secondary N) is 1. The van der Waals surface area contributed by atoms with Crippen LogP contribution in [-0.2, 0) is 15.5 Å². The number of hydrogen-bond donors (Lipinski definition) is 2. The Hall–Kier alpha value is -3.78. The summed E-state index contributed by atoms with van der Waals surface area (Å²) in [6, 6.07) is 5.49. The molecule has 2 bridgehead atoms. The van der Waals surface area contributed by atoms with Crippen molar-refractivity contribution in [1.82, 2.24) is 24.8 Å². The van der Waals surface area contributed by atoms with Gasteiger partial charge in [0.1, 0.15) is 17.0 Å². The molecule has 1 amide bonds. The van der Waals surface area contributed by atoms with Crippen molar-refractivity contribution in [2.45, 2.75) is 115 Å². The predicted octanol–water partition coefficient (Wildman–Crippen LogP) is 7.70. The van der Waals surface area contributed by atoms with E-state index in [4.69, 9.17) is 9.47 Å². The molecular formula is C40H51F4N5O5. The van der Waals surface area contributed by atoms with E-state index in [9.17, 15) is 23.5 Å². The Morgan fingerprint density at radius 1 is 1.09 bits per heavy atom. The molecule has 3 heterocycles. The lowest BCUT2D eigenvalue weighted by molar-refractivity contribution is -0.155. The van der Waals surface area contributed by atoms with Gasteiger partial charge < -0.3 is 24.5 Å². The molecule has 2 aromatic heterocycles.